The first kappa shape index (κ1) is 22.5. The van der Waals surface area contributed by atoms with Gasteiger partial charge < -0.3 is 15.5 Å². The number of hydrogen-bond donors (Lipinski definition) is 2. The Morgan fingerprint density at radius 3 is 2.75 bits per heavy atom. The average molecular weight is 469 g/mol. The molecule has 1 fully saturated rings. The number of aromatic nitrogens is 1. The lowest BCUT2D eigenvalue weighted by Gasteiger charge is -2.20. The second-order valence-electron chi connectivity index (χ2n) is 7.94. The number of carbonyl (C=O) groups is 2. The molecule has 4 rings (SSSR count). The number of anilines is 2. The van der Waals surface area contributed by atoms with Crippen molar-refractivity contribution in [3.8, 4) is 9.88 Å². The smallest absolute Gasteiger partial charge is 0.246 e. The zero-order valence-electron chi connectivity index (χ0n) is 18.2. The van der Waals surface area contributed by atoms with Crippen LogP contribution in [0.3, 0.4) is 0 Å². The minimum absolute atomic E-state index is 0.166. The summed E-state index contributed by atoms with van der Waals surface area (Å²) in [4.78, 5) is 33.6. The highest BCUT2D eigenvalue weighted by Crippen LogP contribution is 2.28. The van der Waals surface area contributed by atoms with E-state index in [2.05, 4.69) is 26.6 Å². The summed E-state index contributed by atoms with van der Waals surface area (Å²) in [5.41, 5.74) is 2.61. The van der Waals surface area contributed by atoms with E-state index in [1.807, 2.05) is 48.0 Å². The number of hydrogen-bond acceptors (Lipinski definition) is 6. The first-order valence-electron chi connectivity index (χ1n) is 11.1. The third-order valence-corrected chi connectivity index (χ3v) is 7.37. The molecular weight excluding hydrogens is 440 g/mol. The van der Waals surface area contributed by atoms with Gasteiger partial charge in [-0.05, 0) is 48.9 Å². The van der Waals surface area contributed by atoms with Crippen LogP contribution in [0.15, 0.2) is 47.2 Å². The fourth-order valence-electron chi connectivity index (χ4n) is 3.85. The zero-order valence-corrected chi connectivity index (χ0v) is 19.8. The molecule has 168 valence electrons. The second-order valence-corrected chi connectivity index (χ2v) is 9.75. The maximum Gasteiger partial charge on any atom is 0.246 e. The molecule has 0 saturated carbocycles. The molecule has 0 bridgehead atoms. The van der Waals surface area contributed by atoms with Crippen molar-refractivity contribution >= 4 is 45.9 Å². The molecule has 8 heteroatoms. The predicted molar refractivity (Wildman–Crippen MR) is 132 cm³/mol. The molecule has 1 atom stereocenters. The Hall–Kier alpha value is -2.71. The van der Waals surface area contributed by atoms with E-state index in [1.165, 1.54) is 24.2 Å². The SMILES string of the molecule is CCCC(NC(=O)Cc1csc(-c2cccs2)n1)C(=O)Nc1cccc(N2CCCC2)c1. The van der Waals surface area contributed by atoms with Crippen LogP contribution in [0.1, 0.15) is 38.3 Å². The number of thiophene rings is 1. The van der Waals surface area contributed by atoms with E-state index in [4.69, 9.17) is 0 Å². The molecule has 2 aromatic heterocycles. The van der Waals surface area contributed by atoms with Crippen LogP contribution < -0.4 is 15.5 Å². The second kappa shape index (κ2) is 10.7. The van der Waals surface area contributed by atoms with Crippen molar-refractivity contribution < 1.29 is 9.59 Å². The number of rotatable bonds is 9. The van der Waals surface area contributed by atoms with Gasteiger partial charge in [-0.1, -0.05) is 25.5 Å². The van der Waals surface area contributed by atoms with Gasteiger partial charge in [0.15, 0.2) is 0 Å². The lowest BCUT2D eigenvalue weighted by molar-refractivity contribution is -0.126. The Kier molecular flexibility index (Phi) is 7.55. The van der Waals surface area contributed by atoms with Gasteiger partial charge >= 0.3 is 0 Å². The molecule has 2 amide bonds. The van der Waals surface area contributed by atoms with Crippen LogP contribution >= 0.6 is 22.7 Å². The van der Waals surface area contributed by atoms with Gasteiger partial charge in [-0.2, -0.15) is 0 Å². The highest BCUT2D eigenvalue weighted by molar-refractivity contribution is 7.20. The van der Waals surface area contributed by atoms with Gasteiger partial charge in [0, 0.05) is 29.8 Å². The number of benzene rings is 1. The van der Waals surface area contributed by atoms with Crippen molar-refractivity contribution in [3.05, 3.63) is 52.9 Å². The molecule has 0 radical (unpaired) electrons. The van der Waals surface area contributed by atoms with E-state index in [-0.39, 0.29) is 18.2 Å². The summed E-state index contributed by atoms with van der Waals surface area (Å²) < 4.78 is 0. The molecule has 0 aliphatic carbocycles. The molecule has 1 aliphatic rings. The van der Waals surface area contributed by atoms with Crippen LogP contribution in [-0.4, -0.2) is 35.9 Å². The minimum Gasteiger partial charge on any atom is -0.371 e. The maximum absolute atomic E-state index is 12.9. The van der Waals surface area contributed by atoms with Crippen molar-refractivity contribution in [3.63, 3.8) is 0 Å². The summed E-state index contributed by atoms with van der Waals surface area (Å²) in [5, 5.41) is 10.7. The summed E-state index contributed by atoms with van der Waals surface area (Å²) >= 11 is 3.16. The normalized spacial score (nSPS) is 14.3. The van der Waals surface area contributed by atoms with Gasteiger partial charge in [0.2, 0.25) is 11.8 Å². The topological polar surface area (TPSA) is 74.3 Å². The summed E-state index contributed by atoms with van der Waals surface area (Å²) in [6.45, 7) is 4.11. The van der Waals surface area contributed by atoms with Crippen LogP contribution in [-0.2, 0) is 16.0 Å². The first-order valence-corrected chi connectivity index (χ1v) is 12.8. The monoisotopic (exact) mass is 468 g/mol. The van der Waals surface area contributed by atoms with Crippen LogP contribution in [0.5, 0.6) is 0 Å². The van der Waals surface area contributed by atoms with Crippen LogP contribution in [0.2, 0.25) is 0 Å². The molecule has 2 N–H and O–H groups in total. The average Bonchev–Trinajstić information content (AvgIpc) is 3.56. The molecule has 6 nitrogen and oxygen atoms in total. The minimum atomic E-state index is -0.571. The van der Waals surface area contributed by atoms with Gasteiger partial charge in [0.25, 0.3) is 0 Å². The fraction of sp³-hybridized carbons (Fsp3) is 0.375. The third kappa shape index (κ3) is 5.75. The van der Waals surface area contributed by atoms with E-state index >= 15 is 0 Å². The molecular formula is C24H28N4O2S2. The molecule has 1 aliphatic heterocycles. The van der Waals surface area contributed by atoms with Gasteiger partial charge in [0.1, 0.15) is 11.0 Å². The Balaban J connectivity index is 1.36. The lowest BCUT2D eigenvalue weighted by Crippen LogP contribution is -2.44. The standard InChI is InChI=1S/C24H28N4O2S2/c1-2-7-20(23(30)25-17-8-5-9-19(14-17)28-11-3-4-12-28)27-22(29)15-18-16-32-24(26-18)21-10-6-13-31-21/h5-6,8-10,13-14,16,20H,2-4,7,11-12,15H2,1H3,(H,25,30)(H,27,29). The van der Waals surface area contributed by atoms with Gasteiger partial charge in [-0.15, -0.1) is 22.7 Å². The van der Waals surface area contributed by atoms with E-state index in [0.29, 0.717) is 6.42 Å². The number of thiazole rings is 1. The summed E-state index contributed by atoms with van der Waals surface area (Å²) in [7, 11) is 0. The van der Waals surface area contributed by atoms with E-state index < -0.39 is 6.04 Å². The first-order chi connectivity index (χ1) is 15.6. The lowest BCUT2D eigenvalue weighted by atomic mass is 10.1. The Morgan fingerprint density at radius 1 is 1.16 bits per heavy atom. The van der Waals surface area contributed by atoms with Crippen molar-refractivity contribution in [2.45, 2.75) is 45.1 Å². The third-order valence-electron chi connectivity index (χ3n) is 5.44. The van der Waals surface area contributed by atoms with Crippen molar-refractivity contribution in [2.24, 2.45) is 0 Å². The van der Waals surface area contributed by atoms with Crippen molar-refractivity contribution in [1.29, 1.82) is 0 Å². The Bertz CT molecular complexity index is 1040. The predicted octanol–water partition coefficient (Wildman–Crippen LogP) is 4.94. The molecule has 1 unspecified atom stereocenters. The van der Waals surface area contributed by atoms with Crippen molar-refractivity contribution in [1.82, 2.24) is 10.3 Å². The number of carbonyl (C=O) groups excluding carboxylic acids is 2. The van der Waals surface area contributed by atoms with E-state index in [1.54, 1.807) is 11.3 Å². The quantitative estimate of drug-likeness (QED) is 0.467. The summed E-state index contributed by atoms with van der Waals surface area (Å²) in [6, 6.07) is 11.4. The van der Waals surface area contributed by atoms with Crippen molar-refractivity contribution in [2.75, 3.05) is 23.3 Å². The van der Waals surface area contributed by atoms with E-state index in [0.717, 1.165) is 46.5 Å². The number of amides is 2. The molecule has 32 heavy (non-hydrogen) atoms. The van der Waals surface area contributed by atoms with Crippen LogP contribution in [0.4, 0.5) is 11.4 Å². The molecule has 1 aromatic carbocycles. The highest BCUT2D eigenvalue weighted by atomic mass is 32.1. The molecule has 1 saturated heterocycles. The Morgan fingerprint density at radius 2 is 2.00 bits per heavy atom. The maximum atomic E-state index is 12.9. The highest BCUT2D eigenvalue weighted by Gasteiger charge is 2.21. The van der Waals surface area contributed by atoms with Crippen LogP contribution in [0.25, 0.3) is 9.88 Å². The molecule has 3 aromatic rings. The van der Waals surface area contributed by atoms with E-state index in [9.17, 15) is 9.59 Å². The summed E-state index contributed by atoms with van der Waals surface area (Å²) in [6.07, 6.45) is 3.95. The Labute approximate surface area is 196 Å². The molecule has 0 spiro atoms. The van der Waals surface area contributed by atoms with Gasteiger partial charge in [0.05, 0.1) is 17.0 Å². The van der Waals surface area contributed by atoms with Crippen LogP contribution in [0, 0.1) is 0 Å². The van der Waals surface area contributed by atoms with Gasteiger partial charge in [-0.3, -0.25) is 9.59 Å². The summed E-state index contributed by atoms with van der Waals surface area (Å²) in [5.74, 6) is -0.372. The largest absolute Gasteiger partial charge is 0.371 e. The fourth-order valence-corrected chi connectivity index (χ4v) is 5.49. The molecule has 3 heterocycles. The number of nitrogens with one attached hydrogen (secondary N) is 2. The van der Waals surface area contributed by atoms with Gasteiger partial charge in [-0.25, -0.2) is 4.98 Å². The number of nitrogens with zero attached hydrogens (tertiary/aromatic N) is 2. The zero-order chi connectivity index (χ0) is 22.3.